The summed E-state index contributed by atoms with van der Waals surface area (Å²) in [5.74, 6) is 0. The molecular formula is C9H15NO. The van der Waals surface area contributed by atoms with Crippen molar-refractivity contribution in [3.8, 4) is 0 Å². The molecular weight excluding hydrogens is 138 g/mol. The quantitative estimate of drug-likeness (QED) is 0.339. The zero-order valence-corrected chi connectivity index (χ0v) is 7.26. The molecule has 0 rings (SSSR count). The molecule has 0 aliphatic carbocycles. The maximum absolute atomic E-state index is 9.78. The van der Waals surface area contributed by atoms with E-state index in [1.54, 1.807) is 6.08 Å². The second-order valence-corrected chi connectivity index (χ2v) is 2.41. The van der Waals surface area contributed by atoms with Crippen molar-refractivity contribution in [3.05, 3.63) is 11.6 Å². The summed E-state index contributed by atoms with van der Waals surface area (Å²) >= 11 is 0. The van der Waals surface area contributed by atoms with Gasteiger partial charge in [-0.2, -0.15) is 0 Å². The van der Waals surface area contributed by atoms with Gasteiger partial charge in [0.2, 0.25) is 6.08 Å². The molecule has 0 radical (unpaired) electrons. The van der Waals surface area contributed by atoms with Crippen LogP contribution in [0.3, 0.4) is 0 Å². The lowest BCUT2D eigenvalue weighted by Crippen LogP contribution is -1.86. The normalized spacial score (nSPS) is 10.9. The minimum atomic E-state index is 0.528. The van der Waals surface area contributed by atoms with Crippen molar-refractivity contribution >= 4 is 6.08 Å². The summed E-state index contributed by atoms with van der Waals surface area (Å²) in [7, 11) is 0. The van der Waals surface area contributed by atoms with E-state index >= 15 is 0 Å². The van der Waals surface area contributed by atoms with Gasteiger partial charge in [-0.1, -0.05) is 31.9 Å². The number of allylic oxidation sites excluding steroid dienone is 1. The van der Waals surface area contributed by atoms with E-state index in [4.69, 9.17) is 0 Å². The molecule has 62 valence electrons. The van der Waals surface area contributed by atoms with E-state index in [-0.39, 0.29) is 0 Å². The van der Waals surface area contributed by atoms with Gasteiger partial charge >= 0.3 is 0 Å². The number of hydrogen-bond acceptors (Lipinski definition) is 2. The van der Waals surface area contributed by atoms with Crippen LogP contribution in [-0.2, 0) is 4.79 Å². The first-order valence-electron chi connectivity index (χ1n) is 4.06. The fraction of sp³-hybridized carbons (Fsp3) is 0.667. The maximum atomic E-state index is 9.78. The van der Waals surface area contributed by atoms with Crippen molar-refractivity contribution in [3.63, 3.8) is 0 Å². The Morgan fingerprint density at radius 3 is 2.73 bits per heavy atom. The Labute approximate surface area is 68.0 Å². The van der Waals surface area contributed by atoms with Crippen molar-refractivity contribution in [2.75, 3.05) is 6.54 Å². The molecule has 0 saturated heterocycles. The standard InChI is InChI=1S/C9H15NO/c1-3-5-6-9(4-2)7-10-8-11/h6H,3-5,7H2,1-2H3/b9-6+. The Bertz CT molecular complexity index is 166. The van der Waals surface area contributed by atoms with Crippen LogP contribution in [0.25, 0.3) is 0 Å². The summed E-state index contributed by atoms with van der Waals surface area (Å²) < 4.78 is 0. The molecule has 0 bridgehead atoms. The van der Waals surface area contributed by atoms with Crippen molar-refractivity contribution in [1.82, 2.24) is 0 Å². The topological polar surface area (TPSA) is 29.4 Å². The van der Waals surface area contributed by atoms with Gasteiger partial charge in [-0.3, -0.25) is 0 Å². The Kier molecular flexibility index (Phi) is 6.65. The highest BCUT2D eigenvalue weighted by Gasteiger charge is 1.90. The summed E-state index contributed by atoms with van der Waals surface area (Å²) in [6.45, 7) is 4.73. The van der Waals surface area contributed by atoms with Crippen LogP contribution in [0, 0.1) is 0 Å². The van der Waals surface area contributed by atoms with E-state index < -0.39 is 0 Å². The van der Waals surface area contributed by atoms with Crippen LogP contribution in [0.15, 0.2) is 16.6 Å². The van der Waals surface area contributed by atoms with Crippen molar-refractivity contribution < 1.29 is 4.79 Å². The predicted molar refractivity (Wildman–Crippen MR) is 46.3 cm³/mol. The molecule has 0 atom stereocenters. The second kappa shape index (κ2) is 7.23. The fourth-order valence-corrected chi connectivity index (χ4v) is 0.803. The zero-order valence-electron chi connectivity index (χ0n) is 7.26. The lowest BCUT2D eigenvalue weighted by Gasteiger charge is -1.96. The summed E-state index contributed by atoms with van der Waals surface area (Å²) in [5, 5.41) is 0. The first kappa shape index (κ1) is 10.1. The van der Waals surface area contributed by atoms with Crippen LogP contribution in [0.1, 0.15) is 33.1 Å². The van der Waals surface area contributed by atoms with E-state index in [0.717, 1.165) is 19.3 Å². The Balaban J connectivity index is 3.82. The van der Waals surface area contributed by atoms with E-state index in [9.17, 15) is 4.79 Å². The Hall–Kier alpha value is -0.880. The van der Waals surface area contributed by atoms with Crippen LogP contribution in [0.4, 0.5) is 0 Å². The number of nitrogens with zero attached hydrogens (tertiary/aromatic N) is 1. The molecule has 0 N–H and O–H groups in total. The summed E-state index contributed by atoms with van der Waals surface area (Å²) in [5.41, 5.74) is 1.23. The van der Waals surface area contributed by atoms with Crippen LogP contribution in [-0.4, -0.2) is 12.6 Å². The summed E-state index contributed by atoms with van der Waals surface area (Å²) in [4.78, 5) is 13.3. The Morgan fingerprint density at radius 1 is 1.55 bits per heavy atom. The minimum Gasteiger partial charge on any atom is -0.211 e. The summed E-state index contributed by atoms with van der Waals surface area (Å²) in [6, 6.07) is 0. The minimum absolute atomic E-state index is 0.528. The van der Waals surface area contributed by atoms with E-state index in [2.05, 4.69) is 24.9 Å². The van der Waals surface area contributed by atoms with Crippen LogP contribution in [0.5, 0.6) is 0 Å². The van der Waals surface area contributed by atoms with Crippen LogP contribution < -0.4 is 0 Å². The SMILES string of the molecule is CCC/C=C(\CC)CN=C=O. The van der Waals surface area contributed by atoms with Gasteiger partial charge in [0.15, 0.2) is 0 Å². The summed E-state index contributed by atoms with van der Waals surface area (Å²) in [6.07, 6.45) is 6.90. The van der Waals surface area contributed by atoms with Crippen molar-refractivity contribution in [2.45, 2.75) is 33.1 Å². The molecule has 0 fully saturated rings. The first-order valence-corrected chi connectivity index (χ1v) is 4.06. The molecule has 0 aliphatic heterocycles. The molecule has 11 heavy (non-hydrogen) atoms. The van der Waals surface area contributed by atoms with Gasteiger partial charge in [-0.25, -0.2) is 9.79 Å². The van der Waals surface area contributed by atoms with Crippen molar-refractivity contribution in [1.29, 1.82) is 0 Å². The van der Waals surface area contributed by atoms with Crippen LogP contribution >= 0.6 is 0 Å². The molecule has 0 aromatic rings. The molecule has 0 aliphatic rings. The molecule has 0 saturated carbocycles. The smallest absolute Gasteiger partial charge is 0.211 e. The molecule has 0 spiro atoms. The zero-order chi connectivity index (χ0) is 8.53. The number of isocyanates is 1. The number of hydrogen-bond donors (Lipinski definition) is 0. The van der Waals surface area contributed by atoms with Gasteiger partial charge in [0.05, 0.1) is 6.54 Å². The largest absolute Gasteiger partial charge is 0.235 e. The van der Waals surface area contributed by atoms with Gasteiger partial charge in [-0.15, -0.1) is 0 Å². The average molecular weight is 153 g/mol. The Morgan fingerprint density at radius 2 is 2.27 bits per heavy atom. The molecule has 0 amide bonds. The van der Waals surface area contributed by atoms with Gasteiger partial charge in [-0.05, 0) is 12.8 Å². The lowest BCUT2D eigenvalue weighted by atomic mass is 10.1. The number of carbonyl (C=O) groups excluding carboxylic acids is 1. The number of rotatable bonds is 5. The highest BCUT2D eigenvalue weighted by molar-refractivity contribution is 5.33. The average Bonchev–Trinajstić information content (AvgIpc) is 2.05. The van der Waals surface area contributed by atoms with Gasteiger partial charge in [0.25, 0.3) is 0 Å². The lowest BCUT2D eigenvalue weighted by molar-refractivity contribution is 0.563. The molecule has 0 heterocycles. The molecule has 2 heteroatoms. The van der Waals surface area contributed by atoms with Gasteiger partial charge in [0, 0.05) is 0 Å². The highest BCUT2D eigenvalue weighted by Crippen LogP contribution is 2.03. The van der Waals surface area contributed by atoms with Crippen LogP contribution in [0.2, 0.25) is 0 Å². The third-order valence-corrected chi connectivity index (χ3v) is 1.52. The third kappa shape index (κ3) is 5.56. The van der Waals surface area contributed by atoms with Gasteiger partial charge in [0.1, 0.15) is 0 Å². The number of aliphatic imine (C=N–C) groups is 1. The monoisotopic (exact) mass is 153 g/mol. The van der Waals surface area contributed by atoms with E-state index in [0.29, 0.717) is 6.54 Å². The third-order valence-electron chi connectivity index (χ3n) is 1.52. The first-order chi connectivity index (χ1) is 5.35. The molecule has 0 aromatic carbocycles. The predicted octanol–water partition coefficient (Wildman–Crippen LogP) is 2.46. The van der Waals surface area contributed by atoms with Gasteiger partial charge < -0.3 is 0 Å². The van der Waals surface area contributed by atoms with E-state index in [1.807, 2.05) is 0 Å². The fourth-order valence-electron chi connectivity index (χ4n) is 0.803. The van der Waals surface area contributed by atoms with E-state index in [1.165, 1.54) is 5.57 Å². The second-order valence-electron chi connectivity index (χ2n) is 2.41. The molecule has 2 nitrogen and oxygen atoms in total. The maximum Gasteiger partial charge on any atom is 0.235 e. The number of unbranched alkanes of at least 4 members (excludes halogenated alkanes) is 1. The van der Waals surface area contributed by atoms with Crippen molar-refractivity contribution in [2.24, 2.45) is 4.99 Å². The molecule has 0 aromatic heterocycles. The highest BCUT2D eigenvalue weighted by atomic mass is 16.1. The molecule has 0 unspecified atom stereocenters.